The zero-order valence-electron chi connectivity index (χ0n) is 12.5. The molecule has 1 aromatic heterocycles. The van der Waals surface area contributed by atoms with Gasteiger partial charge < -0.3 is 9.84 Å². The van der Waals surface area contributed by atoms with E-state index >= 15 is 0 Å². The van der Waals surface area contributed by atoms with Gasteiger partial charge in [0.15, 0.2) is 0 Å². The highest BCUT2D eigenvalue weighted by molar-refractivity contribution is 5.44. The van der Waals surface area contributed by atoms with Crippen LogP contribution in [0.15, 0.2) is 24.3 Å². The Morgan fingerprint density at radius 2 is 2.00 bits per heavy atom. The molecule has 2 aromatic rings. The highest BCUT2D eigenvalue weighted by Crippen LogP contribution is 2.33. The van der Waals surface area contributed by atoms with Crippen molar-refractivity contribution in [1.29, 1.82) is 0 Å². The molecule has 4 nitrogen and oxygen atoms in total. The van der Waals surface area contributed by atoms with Gasteiger partial charge in [0.1, 0.15) is 0 Å². The van der Waals surface area contributed by atoms with Crippen LogP contribution in [0.3, 0.4) is 0 Å². The van der Waals surface area contributed by atoms with Crippen LogP contribution in [-0.4, -0.2) is 22.0 Å². The number of alkyl halides is 3. The summed E-state index contributed by atoms with van der Waals surface area (Å²) in [7, 11) is 1.39. The number of nitrogens with zero attached hydrogens (tertiary/aromatic N) is 2. The first kappa shape index (κ1) is 16.4. The molecule has 0 unspecified atom stereocenters. The highest BCUT2D eigenvalue weighted by Gasteiger charge is 2.31. The molecule has 1 aromatic carbocycles. The Morgan fingerprint density at radius 3 is 2.50 bits per heavy atom. The van der Waals surface area contributed by atoms with Crippen LogP contribution in [0.2, 0.25) is 0 Å². The first-order chi connectivity index (χ1) is 10.3. The predicted octanol–water partition coefficient (Wildman–Crippen LogP) is 3.52. The third-order valence-electron chi connectivity index (χ3n) is 3.28. The largest absolute Gasteiger partial charge is 0.481 e. The fourth-order valence-electron chi connectivity index (χ4n) is 2.26. The SMILES string of the molecule is COc1c(CO)c(C(C)C)nn1-c1cccc(C(F)(F)F)c1. The third-order valence-corrected chi connectivity index (χ3v) is 3.28. The molecule has 7 heteroatoms. The minimum atomic E-state index is -4.43. The Kier molecular flexibility index (Phi) is 4.46. The standard InChI is InChI=1S/C15H17F3N2O2/c1-9(2)13-12(8-21)14(22-3)20(19-13)11-6-4-5-10(7-11)15(16,17)18/h4-7,9,21H,8H2,1-3H3. The zero-order valence-corrected chi connectivity index (χ0v) is 12.5. The Morgan fingerprint density at radius 1 is 1.32 bits per heavy atom. The van der Waals surface area contributed by atoms with Gasteiger partial charge >= 0.3 is 6.18 Å². The quantitative estimate of drug-likeness (QED) is 0.939. The molecule has 0 fully saturated rings. The van der Waals surface area contributed by atoms with Crippen molar-refractivity contribution in [2.24, 2.45) is 0 Å². The number of aliphatic hydroxyl groups is 1. The second-order valence-corrected chi connectivity index (χ2v) is 5.15. The van der Waals surface area contributed by atoms with Gasteiger partial charge in [0, 0.05) is 0 Å². The monoisotopic (exact) mass is 314 g/mol. The van der Waals surface area contributed by atoms with Crippen molar-refractivity contribution in [3.05, 3.63) is 41.1 Å². The topological polar surface area (TPSA) is 47.3 Å². The van der Waals surface area contributed by atoms with Crippen molar-refractivity contribution in [2.75, 3.05) is 7.11 Å². The Balaban J connectivity index is 2.62. The summed E-state index contributed by atoms with van der Waals surface area (Å²) < 4.78 is 45.1. The summed E-state index contributed by atoms with van der Waals surface area (Å²) in [6.45, 7) is 3.48. The van der Waals surface area contributed by atoms with Crippen LogP contribution in [0, 0.1) is 0 Å². The van der Waals surface area contributed by atoms with Gasteiger partial charge in [-0.25, -0.2) is 4.68 Å². The summed E-state index contributed by atoms with van der Waals surface area (Å²) in [6.07, 6.45) is -4.43. The summed E-state index contributed by atoms with van der Waals surface area (Å²) in [5.74, 6) is 0.244. The molecule has 2 rings (SSSR count). The third kappa shape index (κ3) is 2.94. The van der Waals surface area contributed by atoms with E-state index in [-0.39, 0.29) is 24.1 Å². The second kappa shape index (κ2) is 6.00. The lowest BCUT2D eigenvalue weighted by Gasteiger charge is -2.10. The minimum absolute atomic E-state index is 0.00287. The Labute approximate surface area is 126 Å². The van der Waals surface area contributed by atoms with Crippen LogP contribution in [-0.2, 0) is 12.8 Å². The molecule has 0 saturated carbocycles. The van der Waals surface area contributed by atoms with Crippen molar-refractivity contribution in [3.63, 3.8) is 0 Å². The van der Waals surface area contributed by atoms with E-state index in [1.54, 1.807) is 0 Å². The fourth-order valence-corrected chi connectivity index (χ4v) is 2.26. The van der Waals surface area contributed by atoms with Crippen molar-refractivity contribution in [2.45, 2.75) is 32.5 Å². The maximum Gasteiger partial charge on any atom is 0.416 e. The number of halogens is 3. The smallest absolute Gasteiger partial charge is 0.416 e. The fraction of sp³-hybridized carbons (Fsp3) is 0.400. The number of hydrogen-bond acceptors (Lipinski definition) is 3. The molecule has 0 saturated heterocycles. The number of aliphatic hydroxyl groups excluding tert-OH is 1. The summed E-state index contributed by atoms with van der Waals surface area (Å²) >= 11 is 0. The summed E-state index contributed by atoms with van der Waals surface area (Å²) in [6, 6.07) is 4.82. The average Bonchev–Trinajstić information content (AvgIpc) is 2.85. The van der Waals surface area contributed by atoms with E-state index in [9.17, 15) is 18.3 Å². The van der Waals surface area contributed by atoms with Gasteiger partial charge in [-0.2, -0.15) is 18.3 Å². The number of rotatable bonds is 4. The molecular weight excluding hydrogens is 297 g/mol. The van der Waals surface area contributed by atoms with Crippen LogP contribution < -0.4 is 4.74 Å². The van der Waals surface area contributed by atoms with E-state index < -0.39 is 11.7 Å². The van der Waals surface area contributed by atoms with Gasteiger partial charge in [0.25, 0.3) is 0 Å². The molecule has 120 valence electrons. The molecular formula is C15H17F3N2O2. The van der Waals surface area contributed by atoms with Gasteiger partial charge in [-0.1, -0.05) is 19.9 Å². The van der Waals surface area contributed by atoms with Crippen LogP contribution in [0.1, 0.15) is 36.6 Å². The van der Waals surface area contributed by atoms with E-state index in [4.69, 9.17) is 4.74 Å². The van der Waals surface area contributed by atoms with Crippen molar-refractivity contribution < 1.29 is 23.0 Å². The maximum absolute atomic E-state index is 12.8. The lowest BCUT2D eigenvalue weighted by atomic mass is 10.1. The molecule has 1 heterocycles. The number of methoxy groups -OCH3 is 1. The van der Waals surface area contributed by atoms with Crippen LogP contribution >= 0.6 is 0 Å². The van der Waals surface area contributed by atoms with Gasteiger partial charge in [0.05, 0.1) is 36.2 Å². The number of aromatic nitrogens is 2. The predicted molar refractivity (Wildman–Crippen MR) is 75.1 cm³/mol. The Hall–Kier alpha value is -2.02. The molecule has 0 bridgehead atoms. The Bertz CT molecular complexity index is 663. The first-order valence-electron chi connectivity index (χ1n) is 6.73. The molecule has 0 atom stereocenters. The van der Waals surface area contributed by atoms with E-state index in [0.717, 1.165) is 12.1 Å². The van der Waals surface area contributed by atoms with Gasteiger partial charge in [0.2, 0.25) is 5.88 Å². The molecule has 1 N–H and O–H groups in total. The molecule has 0 amide bonds. The summed E-state index contributed by atoms with van der Waals surface area (Å²) in [4.78, 5) is 0. The number of benzene rings is 1. The molecule has 0 aliphatic rings. The summed E-state index contributed by atoms with van der Waals surface area (Å²) in [5, 5.41) is 13.8. The molecule has 0 aliphatic heterocycles. The molecule has 0 radical (unpaired) electrons. The van der Waals surface area contributed by atoms with Crippen molar-refractivity contribution in [1.82, 2.24) is 9.78 Å². The number of ether oxygens (including phenoxy) is 1. The number of hydrogen-bond donors (Lipinski definition) is 1. The second-order valence-electron chi connectivity index (χ2n) is 5.15. The average molecular weight is 314 g/mol. The normalized spacial score (nSPS) is 12.0. The van der Waals surface area contributed by atoms with E-state index in [2.05, 4.69) is 5.10 Å². The molecule has 22 heavy (non-hydrogen) atoms. The van der Waals surface area contributed by atoms with Crippen LogP contribution in [0.25, 0.3) is 5.69 Å². The van der Waals surface area contributed by atoms with E-state index in [1.807, 2.05) is 13.8 Å². The van der Waals surface area contributed by atoms with Crippen LogP contribution in [0.4, 0.5) is 13.2 Å². The lowest BCUT2D eigenvalue weighted by molar-refractivity contribution is -0.137. The maximum atomic E-state index is 12.8. The minimum Gasteiger partial charge on any atom is -0.481 e. The highest BCUT2D eigenvalue weighted by atomic mass is 19.4. The van der Waals surface area contributed by atoms with Crippen LogP contribution in [0.5, 0.6) is 5.88 Å². The van der Waals surface area contributed by atoms with Gasteiger partial charge in [-0.05, 0) is 24.1 Å². The van der Waals surface area contributed by atoms with E-state index in [0.29, 0.717) is 11.3 Å². The van der Waals surface area contributed by atoms with Crippen molar-refractivity contribution >= 4 is 0 Å². The summed E-state index contributed by atoms with van der Waals surface area (Å²) in [5.41, 5.74) is 0.541. The zero-order chi connectivity index (χ0) is 16.5. The lowest BCUT2D eigenvalue weighted by Crippen LogP contribution is -2.07. The van der Waals surface area contributed by atoms with Gasteiger partial charge in [-0.15, -0.1) is 0 Å². The van der Waals surface area contributed by atoms with Gasteiger partial charge in [-0.3, -0.25) is 0 Å². The molecule has 0 spiro atoms. The first-order valence-corrected chi connectivity index (χ1v) is 6.73. The van der Waals surface area contributed by atoms with Crippen molar-refractivity contribution in [3.8, 4) is 11.6 Å². The van der Waals surface area contributed by atoms with E-state index in [1.165, 1.54) is 23.9 Å². The molecule has 0 aliphatic carbocycles.